The van der Waals surface area contributed by atoms with Gasteiger partial charge in [-0.15, -0.1) is 0 Å². The first kappa shape index (κ1) is 24.8. The van der Waals surface area contributed by atoms with Crippen molar-refractivity contribution in [3.05, 3.63) is 78.6 Å². The number of carbonyl (C=O) groups excluding carboxylic acids is 1. The van der Waals surface area contributed by atoms with E-state index in [2.05, 4.69) is 20.6 Å². The van der Waals surface area contributed by atoms with Crippen molar-refractivity contribution < 1.29 is 4.79 Å². The highest BCUT2D eigenvalue weighted by molar-refractivity contribution is 6.04. The number of rotatable bonds is 4. The van der Waals surface area contributed by atoms with Crippen molar-refractivity contribution in [2.24, 2.45) is 0 Å². The molecule has 0 radical (unpaired) electrons. The number of nitrogens with zero attached hydrogens (tertiary/aromatic N) is 2. The van der Waals surface area contributed by atoms with E-state index >= 15 is 0 Å². The molecule has 150 valence electrons. The van der Waals surface area contributed by atoms with E-state index in [1.165, 1.54) is 0 Å². The van der Waals surface area contributed by atoms with Gasteiger partial charge in [-0.25, -0.2) is 9.97 Å². The summed E-state index contributed by atoms with van der Waals surface area (Å²) in [5, 5.41) is 5.95. The summed E-state index contributed by atoms with van der Waals surface area (Å²) in [5.74, 6) is 0.364. The van der Waals surface area contributed by atoms with Gasteiger partial charge >= 0.3 is 0 Å². The maximum absolute atomic E-state index is 12.1. The monoisotopic (exact) mass is 380 g/mol. The smallest absolute Gasteiger partial charge is 0.255 e. The Morgan fingerprint density at radius 2 is 1.29 bits per heavy atom. The van der Waals surface area contributed by atoms with Crippen LogP contribution in [0.15, 0.2) is 73.1 Å². The molecule has 0 spiro atoms. The Labute approximate surface area is 169 Å². The standard InChI is InChI=1S/C17H14N4O.3C2H6/c22-16(13-6-2-1-3-7-13)20-14-8-4-9-15(12-14)21-17-18-10-5-11-19-17;3*1-2/h1-12H,(H,20,22)(H,18,19,21);3*1-2H3. The zero-order valence-corrected chi connectivity index (χ0v) is 17.7. The fourth-order valence-electron chi connectivity index (χ4n) is 1.96. The number of anilines is 3. The minimum Gasteiger partial charge on any atom is -0.324 e. The average Bonchev–Trinajstić information content (AvgIpc) is 2.79. The van der Waals surface area contributed by atoms with Gasteiger partial charge in [-0.1, -0.05) is 65.8 Å². The van der Waals surface area contributed by atoms with Crippen molar-refractivity contribution in [1.82, 2.24) is 9.97 Å². The first-order valence-electron chi connectivity index (χ1n) is 9.82. The molecule has 5 nitrogen and oxygen atoms in total. The number of nitrogens with one attached hydrogen (secondary N) is 2. The largest absolute Gasteiger partial charge is 0.324 e. The van der Waals surface area contributed by atoms with Crippen LogP contribution >= 0.6 is 0 Å². The van der Waals surface area contributed by atoms with Crippen LogP contribution in [0.4, 0.5) is 17.3 Å². The molecule has 0 aliphatic heterocycles. The molecule has 1 aromatic heterocycles. The Bertz CT molecular complexity index is 762. The highest BCUT2D eigenvalue weighted by Gasteiger charge is 2.05. The number of benzene rings is 2. The summed E-state index contributed by atoms with van der Waals surface area (Å²) in [6.07, 6.45) is 3.33. The third-order valence-electron chi connectivity index (χ3n) is 2.98. The molecule has 1 heterocycles. The third kappa shape index (κ3) is 8.94. The Morgan fingerprint density at radius 3 is 1.89 bits per heavy atom. The van der Waals surface area contributed by atoms with Gasteiger partial charge in [0.15, 0.2) is 0 Å². The summed E-state index contributed by atoms with van der Waals surface area (Å²) < 4.78 is 0. The van der Waals surface area contributed by atoms with Crippen molar-refractivity contribution in [1.29, 1.82) is 0 Å². The van der Waals surface area contributed by atoms with Gasteiger partial charge in [-0.05, 0) is 36.4 Å². The van der Waals surface area contributed by atoms with E-state index in [9.17, 15) is 4.79 Å². The molecule has 0 unspecified atom stereocenters. The predicted octanol–water partition coefficient (Wildman–Crippen LogP) is 6.55. The summed E-state index contributed by atoms with van der Waals surface area (Å²) in [6, 6.07) is 18.2. The average molecular weight is 381 g/mol. The lowest BCUT2D eigenvalue weighted by molar-refractivity contribution is 0.102. The minimum absolute atomic E-state index is 0.145. The predicted molar refractivity (Wildman–Crippen MR) is 120 cm³/mol. The van der Waals surface area contributed by atoms with Crippen LogP contribution in [0.5, 0.6) is 0 Å². The zero-order valence-electron chi connectivity index (χ0n) is 17.7. The van der Waals surface area contributed by atoms with Gasteiger partial charge in [0.1, 0.15) is 0 Å². The lowest BCUT2D eigenvalue weighted by Crippen LogP contribution is -2.11. The Balaban J connectivity index is 0.00000111. The molecule has 2 N–H and O–H groups in total. The molecule has 28 heavy (non-hydrogen) atoms. The first-order chi connectivity index (χ1) is 13.8. The van der Waals surface area contributed by atoms with Crippen LogP contribution in [0.25, 0.3) is 0 Å². The molecule has 3 aromatic rings. The van der Waals surface area contributed by atoms with Crippen LogP contribution < -0.4 is 10.6 Å². The topological polar surface area (TPSA) is 66.9 Å². The second kappa shape index (κ2) is 16.0. The maximum Gasteiger partial charge on any atom is 0.255 e. The van der Waals surface area contributed by atoms with Gasteiger partial charge in [-0.2, -0.15) is 0 Å². The van der Waals surface area contributed by atoms with Gasteiger partial charge < -0.3 is 10.6 Å². The highest BCUT2D eigenvalue weighted by atomic mass is 16.1. The zero-order chi connectivity index (χ0) is 21.2. The van der Waals surface area contributed by atoms with Gasteiger partial charge in [0.05, 0.1) is 0 Å². The Morgan fingerprint density at radius 1 is 0.714 bits per heavy atom. The van der Waals surface area contributed by atoms with E-state index < -0.39 is 0 Å². The fourth-order valence-corrected chi connectivity index (χ4v) is 1.96. The van der Waals surface area contributed by atoms with Crippen LogP contribution in [-0.2, 0) is 0 Å². The fraction of sp³-hybridized carbons (Fsp3) is 0.261. The summed E-state index contributed by atoms with van der Waals surface area (Å²) >= 11 is 0. The van der Waals surface area contributed by atoms with E-state index in [0.717, 1.165) is 5.69 Å². The van der Waals surface area contributed by atoms with Gasteiger partial charge in [0, 0.05) is 29.3 Å². The normalized spacial score (nSPS) is 8.50. The third-order valence-corrected chi connectivity index (χ3v) is 2.98. The molecule has 0 saturated heterocycles. The molecule has 0 saturated carbocycles. The lowest BCUT2D eigenvalue weighted by Gasteiger charge is -2.08. The second-order valence-electron chi connectivity index (χ2n) is 4.60. The van der Waals surface area contributed by atoms with Crippen LogP contribution in [0.1, 0.15) is 51.9 Å². The van der Waals surface area contributed by atoms with Crippen molar-refractivity contribution in [3.8, 4) is 0 Å². The number of hydrogen-bond acceptors (Lipinski definition) is 4. The quantitative estimate of drug-likeness (QED) is 0.538. The molecular formula is C23H32N4O. The first-order valence-corrected chi connectivity index (χ1v) is 9.82. The second-order valence-corrected chi connectivity index (χ2v) is 4.60. The molecule has 3 rings (SSSR count). The van der Waals surface area contributed by atoms with Crippen LogP contribution in [0.2, 0.25) is 0 Å². The molecule has 2 aromatic carbocycles. The molecule has 1 amide bonds. The van der Waals surface area contributed by atoms with Crippen LogP contribution in [0, 0.1) is 0 Å². The van der Waals surface area contributed by atoms with Crippen LogP contribution in [0.3, 0.4) is 0 Å². The molecule has 0 aliphatic rings. The van der Waals surface area contributed by atoms with Crippen LogP contribution in [-0.4, -0.2) is 15.9 Å². The Kier molecular flexibility index (Phi) is 14.2. The number of amides is 1. The number of carbonyl (C=O) groups is 1. The number of aromatic nitrogens is 2. The summed E-state index contributed by atoms with van der Waals surface area (Å²) in [6.45, 7) is 12.0. The molecular weight excluding hydrogens is 348 g/mol. The minimum atomic E-state index is -0.145. The SMILES string of the molecule is CC.CC.CC.O=C(Nc1cccc(Nc2ncccn2)c1)c1ccccc1. The van der Waals surface area contributed by atoms with Crippen molar-refractivity contribution >= 4 is 23.2 Å². The summed E-state index contributed by atoms with van der Waals surface area (Å²) in [5.41, 5.74) is 2.12. The molecule has 0 atom stereocenters. The van der Waals surface area contributed by atoms with Gasteiger partial charge in [0.25, 0.3) is 5.91 Å². The van der Waals surface area contributed by atoms with E-state index in [1.807, 2.05) is 84.0 Å². The maximum atomic E-state index is 12.1. The Hall–Kier alpha value is -3.21. The van der Waals surface area contributed by atoms with E-state index in [-0.39, 0.29) is 5.91 Å². The van der Waals surface area contributed by atoms with Crippen molar-refractivity contribution in [2.45, 2.75) is 41.5 Å². The number of hydrogen-bond donors (Lipinski definition) is 2. The lowest BCUT2D eigenvalue weighted by atomic mass is 10.2. The van der Waals surface area contributed by atoms with Gasteiger partial charge in [-0.3, -0.25) is 4.79 Å². The van der Waals surface area contributed by atoms with E-state index in [1.54, 1.807) is 30.6 Å². The molecule has 0 fully saturated rings. The molecule has 5 heteroatoms. The van der Waals surface area contributed by atoms with Crippen molar-refractivity contribution in [2.75, 3.05) is 10.6 Å². The molecule has 0 bridgehead atoms. The van der Waals surface area contributed by atoms with E-state index in [4.69, 9.17) is 0 Å². The highest BCUT2D eigenvalue weighted by Crippen LogP contribution is 2.18. The summed E-state index contributed by atoms with van der Waals surface area (Å²) in [7, 11) is 0. The van der Waals surface area contributed by atoms with E-state index in [0.29, 0.717) is 17.2 Å². The van der Waals surface area contributed by atoms with Crippen molar-refractivity contribution in [3.63, 3.8) is 0 Å². The molecule has 0 aliphatic carbocycles. The van der Waals surface area contributed by atoms with Gasteiger partial charge in [0.2, 0.25) is 5.95 Å². The summed E-state index contributed by atoms with van der Waals surface area (Å²) in [4.78, 5) is 20.3.